The number of rotatable bonds is 17. The van der Waals surface area contributed by atoms with E-state index in [1.807, 2.05) is 54.6 Å². The van der Waals surface area contributed by atoms with Gasteiger partial charge in [0.1, 0.15) is 36.9 Å². The molecule has 0 N–H and O–H groups in total. The molecule has 0 bridgehead atoms. The molecular formula is C46H51O20P. The first-order valence-electron chi connectivity index (χ1n) is 20.8. The minimum absolute atomic E-state index is 0.237. The van der Waals surface area contributed by atoms with Crippen molar-refractivity contribution >= 4 is 71.6 Å². The van der Waals surface area contributed by atoms with Crippen molar-refractivity contribution in [3.05, 3.63) is 78.9 Å². The van der Waals surface area contributed by atoms with Crippen LogP contribution in [0, 0.1) is 0 Å². The van der Waals surface area contributed by atoms with Gasteiger partial charge in [0.15, 0.2) is 24.4 Å². The molecule has 67 heavy (non-hydrogen) atoms. The first kappa shape index (κ1) is 51.4. The molecular weight excluding hydrogens is 903 g/mol. The Balaban J connectivity index is 1.45. The molecule has 360 valence electrons. The standard InChI is InChI=1S/C46H51O20P/c1-24(47)55-22-37-39(57-26(3)49)41(59-28(5)51)43(61-30(7)53)45(65-37)63-32-14-18-35(19-15-32)67(34-12-10-9-11-13-34)36-20-16-33(17-21-36)64-46-44(62-31(8)54)42(60-29(6)52)40(58-27(4)50)38(66-46)23-56-25(2)48/h9-21,37-46H,22-23H2,1-8H3/t37-,38-,39-,40-,41+,42+,43-,44-,45-,46-/m1/s1. The zero-order valence-corrected chi connectivity index (χ0v) is 38.7. The SMILES string of the molecule is CC(=O)OC[C@H]1O[C@@H](Oc2ccc(P(c3ccccc3)c3ccc(O[C@@H]4O[C@H](COC(C)=O)[C@@H](OC(C)=O)[C@H](OC(C)=O)[C@H]4OC(C)=O)cc3)cc2)[C@H](OC(C)=O)[C@@H](OC(C)=O)[C@@H]1OC(C)=O. The fourth-order valence-electron chi connectivity index (χ4n) is 7.21. The van der Waals surface area contributed by atoms with Crippen molar-refractivity contribution in [1.29, 1.82) is 0 Å². The van der Waals surface area contributed by atoms with Gasteiger partial charge in [-0.2, -0.15) is 0 Å². The highest BCUT2D eigenvalue weighted by Gasteiger charge is 2.55. The number of carbonyl (C=O) groups is 8. The number of ether oxygens (including phenoxy) is 12. The highest BCUT2D eigenvalue weighted by Crippen LogP contribution is 2.37. The van der Waals surface area contributed by atoms with Gasteiger partial charge in [-0.05, 0) is 48.1 Å². The van der Waals surface area contributed by atoms with E-state index >= 15 is 0 Å². The van der Waals surface area contributed by atoms with E-state index in [1.54, 1.807) is 24.3 Å². The van der Waals surface area contributed by atoms with E-state index in [-0.39, 0.29) is 11.5 Å². The van der Waals surface area contributed by atoms with Gasteiger partial charge in [0, 0.05) is 55.4 Å². The quantitative estimate of drug-likeness (QED) is 0.107. The van der Waals surface area contributed by atoms with Crippen molar-refractivity contribution in [1.82, 2.24) is 0 Å². The van der Waals surface area contributed by atoms with E-state index in [4.69, 9.17) is 56.8 Å². The summed E-state index contributed by atoms with van der Waals surface area (Å²) in [7, 11) is -1.27. The lowest BCUT2D eigenvalue weighted by Gasteiger charge is -2.43. The van der Waals surface area contributed by atoms with E-state index in [1.165, 1.54) is 13.8 Å². The maximum Gasteiger partial charge on any atom is 0.303 e. The van der Waals surface area contributed by atoms with E-state index < -0.39 is 130 Å². The van der Waals surface area contributed by atoms with E-state index in [0.29, 0.717) is 0 Å². The van der Waals surface area contributed by atoms with Crippen LogP contribution in [0.25, 0.3) is 0 Å². The summed E-state index contributed by atoms with van der Waals surface area (Å²) in [6, 6.07) is 23.5. The zero-order valence-electron chi connectivity index (χ0n) is 37.8. The fraction of sp³-hybridized carbons (Fsp3) is 0.435. The van der Waals surface area contributed by atoms with Crippen LogP contribution in [0.1, 0.15) is 55.4 Å². The summed E-state index contributed by atoms with van der Waals surface area (Å²) in [6.45, 7) is 8.23. The van der Waals surface area contributed by atoms with Crippen LogP contribution in [0.5, 0.6) is 11.5 Å². The molecule has 2 fully saturated rings. The smallest absolute Gasteiger partial charge is 0.303 e. The summed E-state index contributed by atoms with van der Waals surface area (Å²) < 4.78 is 68.0. The van der Waals surface area contributed by atoms with Crippen molar-refractivity contribution in [2.75, 3.05) is 13.2 Å². The lowest BCUT2D eigenvalue weighted by atomic mass is 9.98. The molecule has 2 aliphatic rings. The third-order valence-electron chi connectivity index (χ3n) is 9.61. The van der Waals surface area contributed by atoms with Gasteiger partial charge in [0.05, 0.1) is 0 Å². The van der Waals surface area contributed by atoms with E-state index in [0.717, 1.165) is 57.5 Å². The molecule has 2 saturated heterocycles. The lowest BCUT2D eigenvalue weighted by molar-refractivity contribution is -0.288. The summed E-state index contributed by atoms with van der Waals surface area (Å²) in [6.07, 6.45) is -13.7. The lowest BCUT2D eigenvalue weighted by Crippen LogP contribution is -2.63. The molecule has 0 amide bonds. The Morgan fingerprint density at radius 1 is 0.388 bits per heavy atom. The van der Waals surface area contributed by atoms with Crippen LogP contribution in [0.4, 0.5) is 0 Å². The molecule has 2 aliphatic heterocycles. The topological polar surface area (TPSA) is 247 Å². The molecule has 21 heteroatoms. The van der Waals surface area contributed by atoms with Crippen molar-refractivity contribution in [3.8, 4) is 11.5 Å². The molecule has 2 heterocycles. The zero-order chi connectivity index (χ0) is 48.9. The van der Waals surface area contributed by atoms with Crippen molar-refractivity contribution < 1.29 is 95.2 Å². The summed E-state index contributed by atoms with van der Waals surface area (Å²) >= 11 is 0. The highest BCUT2D eigenvalue weighted by atomic mass is 31.1. The number of benzene rings is 3. The maximum absolute atomic E-state index is 12.4. The van der Waals surface area contributed by atoms with Crippen molar-refractivity contribution in [2.24, 2.45) is 0 Å². The predicted octanol–water partition coefficient (Wildman–Crippen LogP) is 2.37. The second kappa shape index (κ2) is 23.7. The van der Waals surface area contributed by atoms with Gasteiger partial charge in [-0.15, -0.1) is 0 Å². The fourth-order valence-corrected chi connectivity index (χ4v) is 9.47. The molecule has 0 unspecified atom stereocenters. The monoisotopic (exact) mass is 954 g/mol. The summed E-state index contributed by atoms with van der Waals surface area (Å²) in [4.78, 5) is 97.2. The van der Waals surface area contributed by atoms with Gasteiger partial charge < -0.3 is 56.8 Å². The first-order valence-corrected chi connectivity index (χ1v) is 22.1. The minimum atomic E-state index is -1.45. The van der Waals surface area contributed by atoms with Crippen LogP contribution < -0.4 is 25.4 Å². The Morgan fingerprint density at radius 2 is 0.687 bits per heavy atom. The largest absolute Gasteiger partial charge is 0.463 e. The molecule has 20 nitrogen and oxygen atoms in total. The maximum atomic E-state index is 12.4. The van der Waals surface area contributed by atoms with Crippen LogP contribution in [0.3, 0.4) is 0 Å². The highest BCUT2D eigenvalue weighted by molar-refractivity contribution is 7.79. The van der Waals surface area contributed by atoms with Gasteiger partial charge in [-0.1, -0.05) is 54.6 Å². The Kier molecular flexibility index (Phi) is 18.2. The van der Waals surface area contributed by atoms with Gasteiger partial charge in [-0.3, -0.25) is 38.4 Å². The molecule has 0 aromatic heterocycles. The number of hydrogen-bond acceptors (Lipinski definition) is 20. The molecule has 3 aromatic rings. The Hall–Kier alpha value is -6.63. The minimum Gasteiger partial charge on any atom is -0.463 e. The molecule has 0 radical (unpaired) electrons. The van der Waals surface area contributed by atoms with Crippen LogP contribution in [0.2, 0.25) is 0 Å². The van der Waals surface area contributed by atoms with Gasteiger partial charge in [0.25, 0.3) is 0 Å². The van der Waals surface area contributed by atoms with E-state index in [9.17, 15) is 38.4 Å². The van der Waals surface area contributed by atoms with Crippen molar-refractivity contribution in [3.63, 3.8) is 0 Å². The van der Waals surface area contributed by atoms with Gasteiger partial charge in [0.2, 0.25) is 24.8 Å². The van der Waals surface area contributed by atoms with Crippen LogP contribution in [0.15, 0.2) is 78.9 Å². The Labute approximate surface area is 386 Å². The third-order valence-corrected chi connectivity index (χ3v) is 12.0. The first-order chi connectivity index (χ1) is 31.8. The molecule has 5 rings (SSSR count). The van der Waals surface area contributed by atoms with Crippen LogP contribution >= 0.6 is 7.92 Å². The summed E-state index contributed by atoms with van der Waals surface area (Å²) in [5.74, 6) is -5.52. The van der Waals surface area contributed by atoms with Crippen LogP contribution in [-0.4, -0.2) is 122 Å². The number of hydrogen-bond donors (Lipinski definition) is 0. The van der Waals surface area contributed by atoms with Crippen LogP contribution in [-0.2, 0) is 85.7 Å². The van der Waals surface area contributed by atoms with Crippen molar-refractivity contribution in [2.45, 2.75) is 117 Å². The van der Waals surface area contributed by atoms with Gasteiger partial charge in [-0.25, -0.2) is 0 Å². The second-order valence-electron chi connectivity index (χ2n) is 15.0. The normalized spacial score (nSPS) is 24.4. The molecule has 0 saturated carbocycles. The van der Waals surface area contributed by atoms with E-state index in [2.05, 4.69) is 0 Å². The predicted molar refractivity (Wildman–Crippen MR) is 230 cm³/mol. The second-order valence-corrected chi connectivity index (χ2v) is 17.2. The molecule has 0 spiro atoms. The average molecular weight is 955 g/mol. The third kappa shape index (κ3) is 14.7. The Morgan fingerprint density at radius 3 is 1.00 bits per heavy atom. The molecule has 10 atom stereocenters. The van der Waals surface area contributed by atoms with Gasteiger partial charge >= 0.3 is 47.8 Å². The Bertz CT molecular complexity index is 2100. The molecule has 0 aliphatic carbocycles. The summed E-state index contributed by atoms with van der Waals surface area (Å²) in [5.41, 5.74) is 0. The number of carbonyl (C=O) groups excluding carboxylic acids is 8. The number of esters is 8. The average Bonchev–Trinajstić information content (AvgIpc) is 3.24. The molecule has 3 aromatic carbocycles. The summed E-state index contributed by atoms with van der Waals surface area (Å²) in [5, 5.41) is 2.66.